The van der Waals surface area contributed by atoms with Gasteiger partial charge >= 0.3 is 0 Å². The number of hydrazone groups is 1. The van der Waals surface area contributed by atoms with Crippen LogP contribution in [0.15, 0.2) is 59.8 Å². The fourth-order valence-corrected chi connectivity index (χ4v) is 4.17. The molecule has 0 spiro atoms. The zero-order valence-corrected chi connectivity index (χ0v) is 18.7. The Kier molecular flexibility index (Phi) is 6.26. The van der Waals surface area contributed by atoms with Crippen LogP contribution in [0.4, 0.5) is 0 Å². The summed E-state index contributed by atoms with van der Waals surface area (Å²) < 4.78 is 12.8. The number of para-hydroxylation sites is 1. The molecule has 0 N–H and O–H groups in total. The number of benzene rings is 2. The highest BCUT2D eigenvalue weighted by atomic mass is 16.5. The summed E-state index contributed by atoms with van der Waals surface area (Å²) in [5, 5.41) is 12.0. The van der Waals surface area contributed by atoms with Gasteiger partial charge in [-0.25, -0.2) is 4.68 Å². The molecule has 1 aliphatic heterocycles. The summed E-state index contributed by atoms with van der Waals surface area (Å²) in [5.74, 6) is 1.37. The molecule has 6 nitrogen and oxygen atoms in total. The van der Waals surface area contributed by atoms with Crippen molar-refractivity contribution in [1.29, 1.82) is 0 Å². The number of nitrogens with zero attached hydrogens (tertiary/aromatic N) is 4. The zero-order chi connectivity index (χ0) is 21.8. The third kappa shape index (κ3) is 4.43. The van der Waals surface area contributed by atoms with Crippen LogP contribution in [0, 0.1) is 0 Å². The van der Waals surface area contributed by atoms with Gasteiger partial charge in [-0.1, -0.05) is 18.2 Å². The largest absolute Gasteiger partial charge is 0.493 e. The molecule has 0 bridgehead atoms. The molecule has 4 rings (SSSR count). The van der Waals surface area contributed by atoms with E-state index in [-0.39, 0.29) is 0 Å². The number of piperidine rings is 1. The van der Waals surface area contributed by atoms with Gasteiger partial charge < -0.3 is 9.47 Å². The van der Waals surface area contributed by atoms with E-state index in [0.717, 1.165) is 22.5 Å². The smallest absolute Gasteiger partial charge is 0.161 e. The van der Waals surface area contributed by atoms with Crippen molar-refractivity contribution in [2.24, 2.45) is 5.10 Å². The summed E-state index contributed by atoms with van der Waals surface area (Å²) in [6.45, 7) is 4.49. The minimum Gasteiger partial charge on any atom is -0.493 e. The van der Waals surface area contributed by atoms with E-state index in [2.05, 4.69) is 18.9 Å². The lowest BCUT2D eigenvalue weighted by atomic mass is 10.00. The van der Waals surface area contributed by atoms with E-state index in [0.29, 0.717) is 23.6 Å². The maximum absolute atomic E-state index is 5.51. The van der Waals surface area contributed by atoms with Gasteiger partial charge in [-0.05, 0) is 63.4 Å². The monoisotopic (exact) mass is 418 g/mol. The fraction of sp³-hybridized carbons (Fsp3) is 0.360. The van der Waals surface area contributed by atoms with Crippen molar-refractivity contribution in [3.05, 3.63) is 60.3 Å². The Bertz CT molecular complexity index is 1030. The molecule has 3 aromatic rings. The van der Waals surface area contributed by atoms with E-state index in [1.165, 1.54) is 19.3 Å². The Morgan fingerprint density at radius 1 is 0.968 bits per heavy atom. The molecular formula is C25H30N4O2. The summed E-state index contributed by atoms with van der Waals surface area (Å²) in [6.07, 6.45) is 7.58. The lowest BCUT2D eigenvalue weighted by molar-refractivity contribution is 0.109. The van der Waals surface area contributed by atoms with Crippen molar-refractivity contribution in [3.63, 3.8) is 0 Å². The zero-order valence-electron chi connectivity index (χ0n) is 18.7. The standard InChI is InChI=1S/C25H30N4O2/c1-18-9-8-10-19(2)29(18)26-16-21-17-28(22-11-6-5-7-12-22)27-25(21)20-13-14-23(30-3)24(15-20)31-4/h5-7,11-19H,8-10H2,1-4H3. The van der Waals surface area contributed by atoms with E-state index in [9.17, 15) is 0 Å². The van der Waals surface area contributed by atoms with Crippen LogP contribution < -0.4 is 9.47 Å². The Labute approximate surface area is 184 Å². The molecular weight excluding hydrogens is 388 g/mol. The van der Waals surface area contributed by atoms with Crippen LogP contribution in [0.25, 0.3) is 16.9 Å². The van der Waals surface area contributed by atoms with Gasteiger partial charge in [-0.15, -0.1) is 0 Å². The van der Waals surface area contributed by atoms with Gasteiger partial charge in [0.1, 0.15) is 5.69 Å². The van der Waals surface area contributed by atoms with Gasteiger partial charge in [0.05, 0.1) is 26.1 Å². The molecule has 1 aliphatic rings. The molecule has 162 valence electrons. The fourth-order valence-electron chi connectivity index (χ4n) is 4.17. The minimum atomic E-state index is 0.439. The van der Waals surface area contributed by atoms with Crippen molar-refractivity contribution >= 4 is 6.21 Å². The first-order valence-electron chi connectivity index (χ1n) is 10.8. The molecule has 2 atom stereocenters. The molecule has 1 aromatic heterocycles. The molecule has 31 heavy (non-hydrogen) atoms. The van der Waals surface area contributed by atoms with Crippen molar-refractivity contribution in [2.75, 3.05) is 14.2 Å². The highest BCUT2D eigenvalue weighted by molar-refractivity contribution is 5.89. The molecule has 0 aliphatic carbocycles. The second kappa shape index (κ2) is 9.25. The van der Waals surface area contributed by atoms with Gasteiger partial charge in [0.25, 0.3) is 0 Å². The number of hydrogen-bond acceptors (Lipinski definition) is 5. The van der Waals surface area contributed by atoms with Crippen LogP contribution in [-0.4, -0.2) is 47.3 Å². The Morgan fingerprint density at radius 2 is 1.68 bits per heavy atom. The number of rotatable bonds is 6. The number of methoxy groups -OCH3 is 2. The average Bonchev–Trinajstić information content (AvgIpc) is 3.23. The summed E-state index contributed by atoms with van der Waals surface area (Å²) in [7, 11) is 3.28. The third-order valence-corrected chi connectivity index (χ3v) is 5.90. The minimum absolute atomic E-state index is 0.439. The van der Waals surface area contributed by atoms with Crippen molar-refractivity contribution < 1.29 is 9.47 Å². The van der Waals surface area contributed by atoms with Crippen LogP contribution in [0.3, 0.4) is 0 Å². The molecule has 0 saturated carbocycles. The molecule has 0 amide bonds. The molecule has 2 unspecified atom stereocenters. The maximum Gasteiger partial charge on any atom is 0.161 e. The maximum atomic E-state index is 5.51. The lowest BCUT2D eigenvalue weighted by Gasteiger charge is -2.36. The van der Waals surface area contributed by atoms with E-state index < -0.39 is 0 Å². The number of aromatic nitrogens is 2. The highest BCUT2D eigenvalue weighted by Crippen LogP contribution is 2.33. The summed E-state index contributed by atoms with van der Waals surface area (Å²) in [5.41, 5.74) is 3.77. The van der Waals surface area contributed by atoms with E-state index in [4.69, 9.17) is 19.7 Å². The van der Waals surface area contributed by atoms with Gasteiger partial charge in [-0.2, -0.15) is 10.2 Å². The summed E-state index contributed by atoms with van der Waals surface area (Å²) in [6, 6.07) is 16.9. The van der Waals surface area contributed by atoms with Gasteiger partial charge in [0, 0.05) is 29.4 Å². The summed E-state index contributed by atoms with van der Waals surface area (Å²) in [4.78, 5) is 0. The Morgan fingerprint density at radius 3 is 2.35 bits per heavy atom. The van der Waals surface area contributed by atoms with Crippen LogP contribution >= 0.6 is 0 Å². The predicted molar refractivity (Wildman–Crippen MR) is 124 cm³/mol. The van der Waals surface area contributed by atoms with E-state index in [1.54, 1.807) is 14.2 Å². The number of ether oxygens (including phenoxy) is 2. The van der Waals surface area contributed by atoms with Crippen LogP contribution in [-0.2, 0) is 0 Å². The lowest BCUT2D eigenvalue weighted by Crippen LogP contribution is -2.39. The van der Waals surface area contributed by atoms with E-state index in [1.807, 2.05) is 65.6 Å². The third-order valence-electron chi connectivity index (χ3n) is 5.90. The number of hydrogen-bond donors (Lipinski definition) is 0. The molecule has 0 radical (unpaired) electrons. The first kappa shape index (κ1) is 21.0. The summed E-state index contributed by atoms with van der Waals surface area (Å²) >= 11 is 0. The van der Waals surface area contributed by atoms with Gasteiger partial charge in [-0.3, -0.25) is 5.01 Å². The first-order chi connectivity index (χ1) is 15.1. The molecule has 1 fully saturated rings. The molecule has 1 saturated heterocycles. The second-order valence-electron chi connectivity index (χ2n) is 8.04. The Balaban J connectivity index is 1.76. The van der Waals surface area contributed by atoms with Crippen LogP contribution in [0.5, 0.6) is 11.5 Å². The van der Waals surface area contributed by atoms with Crippen molar-refractivity contribution in [2.45, 2.75) is 45.2 Å². The predicted octanol–water partition coefficient (Wildman–Crippen LogP) is 5.15. The van der Waals surface area contributed by atoms with Crippen molar-refractivity contribution in [1.82, 2.24) is 14.8 Å². The normalized spacial score (nSPS) is 19.0. The van der Waals surface area contributed by atoms with Gasteiger partial charge in [0.2, 0.25) is 0 Å². The Hall–Kier alpha value is -3.28. The second-order valence-corrected chi connectivity index (χ2v) is 8.04. The van der Waals surface area contributed by atoms with Crippen LogP contribution in [0.2, 0.25) is 0 Å². The SMILES string of the molecule is COc1ccc(-c2nn(-c3ccccc3)cc2C=NN2C(C)CCCC2C)cc1OC. The molecule has 6 heteroatoms. The first-order valence-corrected chi connectivity index (χ1v) is 10.8. The quantitative estimate of drug-likeness (QED) is 0.519. The molecule has 2 heterocycles. The highest BCUT2D eigenvalue weighted by Gasteiger charge is 2.23. The van der Waals surface area contributed by atoms with Crippen LogP contribution in [0.1, 0.15) is 38.7 Å². The van der Waals surface area contributed by atoms with Crippen molar-refractivity contribution in [3.8, 4) is 28.4 Å². The van der Waals surface area contributed by atoms with Gasteiger partial charge in [0.15, 0.2) is 11.5 Å². The topological polar surface area (TPSA) is 51.9 Å². The average molecular weight is 419 g/mol. The van der Waals surface area contributed by atoms with E-state index >= 15 is 0 Å². The molecule has 2 aromatic carbocycles.